The number of hydrogen-bond acceptors (Lipinski definition) is 7. The molecule has 1 amide bonds. The minimum absolute atomic E-state index is 0.0939. The molecule has 9 heteroatoms. The summed E-state index contributed by atoms with van der Waals surface area (Å²) in [6.45, 7) is 6.24. The third kappa shape index (κ3) is 4.22. The molecule has 1 aliphatic heterocycles. The van der Waals surface area contributed by atoms with Gasteiger partial charge in [-0.05, 0) is 37.5 Å². The lowest BCUT2D eigenvalue weighted by Gasteiger charge is -2.17. The molecule has 154 valence electrons. The molecule has 1 saturated heterocycles. The molecule has 0 unspecified atom stereocenters. The molecule has 0 saturated carbocycles. The Balaban J connectivity index is 2.17. The number of aliphatic hydroxyl groups excluding tert-OH is 1. The summed E-state index contributed by atoms with van der Waals surface area (Å²) >= 11 is 6.51. The standard InChI is InChI=1S/C20H24N4O3S2/c1-4-8-24-19(27)15(29-20(24)28)10-14-16(21-13(5-2)11-25)22-17-12(3)7-6-9-23(17)18(14)26/h6-7,9-10,13,21,25H,4-5,8,11H2,1-3H3/b15-10+/t13-/m0/s1. The van der Waals surface area contributed by atoms with Crippen molar-refractivity contribution in [2.24, 2.45) is 0 Å². The highest BCUT2D eigenvalue weighted by Crippen LogP contribution is 2.33. The Kier molecular flexibility index (Phi) is 6.71. The van der Waals surface area contributed by atoms with Crippen molar-refractivity contribution in [2.45, 2.75) is 39.7 Å². The third-order valence-electron chi connectivity index (χ3n) is 4.73. The number of thioether (sulfide) groups is 1. The number of aryl methyl sites for hydroxylation is 1. The summed E-state index contributed by atoms with van der Waals surface area (Å²) in [7, 11) is 0. The van der Waals surface area contributed by atoms with Crippen LogP contribution in [0, 0.1) is 6.92 Å². The van der Waals surface area contributed by atoms with Gasteiger partial charge >= 0.3 is 0 Å². The molecule has 0 aromatic carbocycles. The largest absolute Gasteiger partial charge is 0.394 e. The number of carbonyl (C=O) groups is 1. The van der Waals surface area contributed by atoms with Crippen LogP contribution in [0.2, 0.25) is 0 Å². The quantitative estimate of drug-likeness (QED) is 0.514. The van der Waals surface area contributed by atoms with Gasteiger partial charge in [0.25, 0.3) is 11.5 Å². The first-order valence-corrected chi connectivity index (χ1v) is 10.8. The summed E-state index contributed by atoms with van der Waals surface area (Å²) in [4.78, 5) is 32.6. The van der Waals surface area contributed by atoms with Crippen molar-refractivity contribution >= 4 is 51.7 Å². The molecular formula is C20H24N4O3S2. The van der Waals surface area contributed by atoms with E-state index in [2.05, 4.69) is 10.3 Å². The minimum atomic E-state index is -0.283. The van der Waals surface area contributed by atoms with E-state index in [1.165, 1.54) is 16.2 Å². The molecule has 29 heavy (non-hydrogen) atoms. The predicted octanol–water partition coefficient (Wildman–Crippen LogP) is 2.80. The highest BCUT2D eigenvalue weighted by molar-refractivity contribution is 8.26. The molecule has 2 N–H and O–H groups in total. The zero-order valence-corrected chi connectivity index (χ0v) is 18.3. The molecule has 0 spiro atoms. The number of nitrogens with one attached hydrogen (secondary N) is 1. The first kappa shape index (κ1) is 21.5. The zero-order valence-electron chi connectivity index (χ0n) is 16.6. The predicted molar refractivity (Wildman–Crippen MR) is 121 cm³/mol. The van der Waals surface area contributed by atoms with Crippen molar-refractivity contribution in [3.8, 4) is 0 Å². The van der Waals surface area contributed by atoms with Gasteiger partial charge in [-0.2, -0.15) is 0 Å². The number of aromatic nitrogens is 2. The van der Waals surface area contributed by atoms with E-state index in [1.807, 2.05) is 26.8 Å². The van der Waals surface area contributed by atoms with Gasteiger partial charge in [0.15, 0.2) is 0 Å². The lowest BCUT2D eigenvalue weighted by Crippen LogP contribution is -2.29. The van der Waals surface area contributed by atoms with Crippen LogP contribution in [-0.2, 0) is 4.79 Å². The Bertz CT molecular complexity index is 1040. The van der Waals surface area contributed by atoms with Crippen molar-refractivity contribution < 1.29 is 9.90 Å². The van der Waals surface area contributed by atoms with Gasteiger partial charge in [0.05, 0.1) is 23.1 Å². The monoisotopic (exact) mass is 432 g/mol. The number of anilines is 1. The van der Waals surface area contributed by atoms with Crippen LogP contribution in [0.15, 0.2) is 28.0 Å². The number of carbonyl (C=O) groups excluding carboxylic acids is 1. The second-order valence-electron chi connectivity index (χ2n) is 6.83. The molecule has 2 aromatic rings. The second kappa shape index (κ2) is 9.06. The molecule has 1 aliphatic rings. The molecule has 2 aromatic heterocycles. The first-order chi connectivity index (χ1) is 13.9. The fourth-order valence-corrected chi connectivity index (χ4v) is 4.36. The topological polar surface area (TPSA) is 86.9 Å². The number of nitrogens with zero attached hydrogens (tertiary/aromatic N) is 3. The van der Waals surface area contributed by atoms with Gasteiger partial charge in [-0.15, -0.1) is 0 Å². The Labute approximate surface area is 178 Å². The van der Waals surface area contributed by atoms with Crippen LogP contribution in [0.1, 0.15) is 37.8 Å². The maximum absolute atomic E-state index is 13.3. The van der Waals surface area contributed by atoms with Gasteiger partial charge in [-0.1, -0.05) is 43.9 Å². The SMILES string of the molecule is CCCN1C(=O)/C(=C\c2c(N[C@@H](CC)CO)nc3c(C)cccn3c2=O)SC1=S. The van der Waals surface area contributed by atoms with E-state index in [0.717, 1.165) is 12.0 Å². The van der Waals surface area contributed by atoms with Crippen molar-refractivity contribution in [1.82, 2.24) is 14.3 Å². The van der Waals surface area contributed by atoms with Crippen LogP contribution in [0.5, 0.6) is 0 Å². The van der Waals surface area contributed by atoms with E-state index >= 15 is 0 Å². The van der Waals surface area contributed by atoms with Crippen molar-refractivity contribution in [1.29, 1.82) is 0 Å². The van der Waals surface area contributed by atoms with Crippen molar-refractivity contribution in [2.75, 3.05) is 18.5 Å². The van der Waals surface area contributed by atoms with Gasteiger partial charge in [-0.3, -0.25) is 18.9 Å². The third-order valence-corrected chi connectivity index (χ3v) is 6.11. The number of pyridine rings is 1. The van der Waals surface area contributed by atoms with Gasteiger partial charge in [0, 0.05) is 12.7 Å². The summed E-state index contributed by atoms with van der Waals surface area (Å²) in [6.07, 6.45) is 4.67. The Hall–Kier alpha value is -2.23. The molecule has 7 nitrogen and oxygen atoms in total. The Morgan fingerprint density at radius 1 is 1.38 bits per heavy atom. The lowest BCUT2D eigenvalue weighted by atomic mass is 10.2. The lowest BCUT2D eigenvalue weighted by molar-refractivity contribution is -0.122. The number of rotatable bonds is 7. The van der Waals surface area contributed by atoms with Gasteiger partial charge in [0.2, 0.25) is 0 Å². The zero-order chi connectivity index (χ0) is 21.1. The molecule has 3 rings (SSSR count). The molecule has 1 atom stereocenters. The summed E-state index contributed by atoms with van der Waals surface area (Å²) in [6, 6.07) is 3.41. The maximum Gasteiger partial charge on any atom is 0.267 e. The van der Waals surface area contributed by atoms with E-state index < -0.39 is 0 Å². The fraction of sp³-hybridized carbons (Fsp3) is 0.400. The average Bonchev–Trinajstić information content (AvgIpc) is 2.97. The van der Waals surface area contributed by atoms with Crippen LogP contribution >= 0.6 is 24.0 Å². The van der Waals surface area contributed by atoms with E-state index in [9.17, 15) is 14.7 Å². The number of aliphatic hydroxyl groups is 1. The fourth-order valence-electron chi connectivity index (χ4n) is 3.07. The normalized spacial score (nSPS) is 16.8. The van der Waals surface area contributed by atoms with Crippen molar-refractivity contribution in [3.63, 3.8) is 0 Å². The second-order valence-corrected chi connectivity index (χ2v) is 8.51. The van der Waals surface area contributed by atoms with Gasteiger partial charge in [0.1, 0.15) is 15.8 Å². The Morgan fingerprint density at radius 3 is 2.79 bits per heavy atom. The van der Waals surface area contributed by atoms with Crippen LogP contribution in [0.25, 0.3) is 11.7 Å². The van der Waals surface area contributed by atoms with Gasteiger partial charge < -0.3 is 10.4 Å². The molecule has 0 bridgehead atoms. The maximum atomic E-state index is 13.3. The van der Waals surface area contributed by atoms with E-state index in [4.69, 9.17) is 12.2 Å². The number of amides is 1. The highest BCUT2D eigenvalue weighted by Gasteiger charge is 2.32. The summed E-state index contributed by atoms with van der Waals surface area (Å²) in [5.74, 6) is 0.154. The molecule has 0 radical (unpaired) electrons. The number of hydrogen-bond donors (Lipinski definition) is 2. The Morgan fingerprint density at radius 2 is 2.14 bits per heavy atom. The van der Waals surface area contributed by atoms with Crippen LogP contribution < -0.4 is 10.9 Å². The average molecular weight is 433 g/mol. The van der Waals surface area contributed by atoms with E-state index in [-0.39, 0.29) is 29.7 Å². The van der Waals surface area contributed by atoms with Crippen LogP contribution in [-0.4, -0.2) is 48.8 Å². The smallest absolute Gasteiger partial charge is 0.267 e. The van der Waals surface area contributed by atoms with Crippen molar-refractivity contribution in [3.05, 3.63) is 44.7 Å². The minimum Gasteiger partial charge on any atom is -0.394 e. The summed E-state index contributed by atoms with van der Waals surface area (Å²) in [5.41, 5.74) is 1.38. The molecule has 0 aliphatic carbocycles. The van der Waals surface area contributed by atoms with Crippen LogP contribution in [0.3, 0.4) is 0 Å². The number of fused-ring (bicyclic) bond motifs is 1. The summed E-state index contributed by atoms with van der Waals surface area (Å²) in [5, 5.41) is 12.8. The molecule has 1 fully saturated rings. The highest BCUT2D eigenvalue weighted by atomic mass is 32.2. The summed E-state index contributed by atoms with van der Waals surface area (Å²) < 4.78 is 1.96. The molecule has 3 heterocycles. The first-order valence-electron chi connectivity index (χ1n) is 9.55. The van der Waals surface area contributed by atoms with E-state index in [0.29, 0.717) is 33.7 Å². The van der Waals surface area contributed by atoms with E-state index in [1.54, 1.807) is 23.2 Å². The van der Waals surface area contributed by atoms with Crippen LogP contribution in [0.4, 0.5) is 5.82 Å². The molecular weight excluding hydrogens is 408 g/mol. The van der Waals surface area contributed by atoms with Gasteiger partial charge in [-0.25, -0.2) is 4.98 Å². The number of thiocarbonyl (C=S) groups is 1.